The predicted molar refractivity (Wildman–Crippen MR) is 95.2 cm³/mol. The molecule has 0 spiro atoms. The molecule has 0 bridgehead atoms. The van der Waals surface area contributed by atoms with Gasteiger partial charge in [0, 0.05) is 18.1 Å². The second-order valence-corrected chi connectivity index (χ2v) is 6.82. The van der Waals surface area contributed by atoms with Crippen LogP contribution in [-0.4, -0.2) is 34.2 Å². The summed E-state index contributed by atoms with van der Waals surface area (Å²) in [5.74, 6) is 0.109. The van der Waals surface area contributed by atoms with Gasteiger partial charge in [-0.2, -0.15) is 10.2 Å². The number of hydrogen-bond acceptors (Lipinski definition) is 3. The number of aromatic nitrogens is 2. The highest BCUT2D eigenvalue weighted by atomic mass is 35.5. The standard InChI is InChI=1S/C18H20ClFN4O/c1-12-8-16(11-21-23-12)22-18(25)24-6-4-13(5-7-24)9-14-2-3-15(19)10-17(14)20/h2-3,8,10-11,13H,4-7,9H2,1H3,(H,22,23,25). The maximum Gasteiger partial charge on any atom is 0.321 e. The van der Waals surface area contributed by atoms with Gasteiger partial charge in [0.25, 0.3) is 0 Å². The molecule has 132 valence electrons. The van der Waals surface area contributed by atoms with Gasteiger partial charge in [0.05, 0.1) is 17.6 Å². The third-order valence-electron chi connectivity index (χ3n) is 4.45. The number of benzene rings is 1. The van der Waals surface area contributed by atoms with E-state index in [-0.39, 0.29) is 11.8 Å². The van der Waals surface area contributed by atoms with E-state index in [9.17, 15) is 9.18 Å². The zero-order chi connectivity index (χ0) is 17.8. The molecular formula is C18H20ClFN4O. The molecule has 1 aromatic carbocycles. The van der Waals surface area contributed by atoms with Crippen LogP contribution in [0.5, 0.6) is 0 Å². The van der Waals surface area contributed by atoms with Crippen molar-refractivity contribution in [3.05, 3.63) is 52.6 Å². The lowest BCUT2D eigenvalue weighted by Gasteiger charge is -2.32. The van der Waals surface area contributed by atoms with Gasteiger partial charge >= 0.3 is 6.03 Å². The Morgan fingerprint density at radius 2 is 2.12 bits per heavy atom. The minimum Gasteiger partial charge on any atom is -0.325 e. The highest BCUT2D eigenvalue weighted by molar-refractivity contribution is 6.30. The number of nitrogens with zero attached hydrogens (tertiary/aromatic N) is 3. The van der Waals surface area contributed by atoms with Crippen molar-refractivity contribution in [1.82, 2.24) is 15.1 Å². The van der Waals surface area contributed by atoms with Crippen molar-refractivity contribution in [3.8, 4) is 0 Å². The summed E-state index contributed by atoms with van der Waals surface area (Å²) >= 11 is 5.79. The molecule has 2 amide bonds. The van der Waals surface area contributed by atoms with Crippen LogP contribution in [0, 0.1) is 18.7 Å². The van der Waals surface area contributed by atoms with E-state index in [1.165, 1.54) is 12.3 Å². The molecule has 25 heavy (non-hydrogen) atoms. The molecule has 7 heteroatoms. The molecule has 3 rings (SSSR count). The Kier molecular flexibility index (Phi) is 5.48. The topological polar surface area (TPSA) is 58.1 Å². The van der Waals surface area contributed by atoms with Crippen LogP contribution >= 0.6 is 11.6 Å². The number of aryl methyl sites for hydroxylation is 1. The van der Waals surface area contributed by atoms with Crippen LogP contribution < -0.4 is 5.32 Å². The number of carbonyl (C=O) groups excluding carboxylic acids is 1. The summed E-state index contributed by atoms with van der Waals surface area (Å²) in [5, 5.41) is 10.9. The molecule has 1 N–H and O–H groups in total. The Morgan fingerprint density at radius 1 is 1.36 bits per heavy atom. The van der Waals surface area contributed by atoms with Crippen LogP contribution in [0.1, 0.15) is 24.1 Å². The highest BCUT2D eigenvalue weighted by Crippen LogP contribution is 2.24. The second-order valence-electron chi connectivity index (χ2n) is 6.39. The maximum absolute atomic E-state index is 13.9. The molecule has 0 radical (unpaired) electrons. The SMILES string of the molecule is Cc1cc(NC(=O)N2CCC(Cc3ccc(Cl)cc3F)CC2)cnn1. The first-order chi connectivity index (χ1) is 12.0. The van der Waals surface area contributed by atoms with Crippen molar-refractivity contribution in [2.45, 2.75) is 26.2 Å². The largest absolute Gasteiger partial charge is 0.325 e. The number of amides is 2. The van der Waals surface area contributed by atoms with Crippen molar-refractivity contribution < 1.29 is 9.18 Å². The molecule has 0 aliphatic carbocycles. The number of rotatable bonds is 3. The Labute approximate surface area is 151 Å². The molecular weight excluding hydrogens is 343 g/mol. The maximum atomic E-state index is 13.9. The summed E-state index contributed by atoms with van der Waals surface area (Å²) in [4.78, 5) is 14.1. The minimum absolute atomic E-state index is 0.136. The minimum atomic E-state index is -0.256. The van der Waals surface area contributed by atoms with Gasteiger partial charge in [0.2, 0.25) is 0 Å². The average molecular weight is 363 g/mol. The average Bonchev–Trinajstić information content (AvgIpc) is 2.58. The molecule has 1 fully saturated rings. The van der Waals surface area contributed by atoms with E-state index in [0.717, 1.165) is 18.5 Å². The predicted octanol–water partition coefficient (Wildman–Crippen LogP) is 4.06. The third-order valence-corrected chi connectivity index (χ3v) is 4.69. The molecule has 0 unspecified atom stereocenters. The van der Waals surface area contributed by atoms with Gasteiger partial charge in [0.15, 0.2) is 0 Å². The zero-order valence-corrected chi connectivity index (χ0v) is 14.8. The summed E-state index contributed by atoms with van der Waals surface area (Å²) in [5.41, 5.74) is 2.08. The van der Waals surface area contributed by atoms with E-state index in [4.69, 9.17) is 11.6 Å². The van der Waals surface area contributed by atoms with Gasteiger partial charge in [-0.1, -0.05) is 17.7 Å². The smallest absolute Gasteiger partial charge is 0.321 e. The number of hydrogen-bond donors (Lipinski definition) is 1. The second kappa shape index (κ2) is 7.78. The van der Waals surface area contributed by atoms with E-state index >= 15 is 0 Å². The summed E-state index contributed by atoms with van der Waals surface area (Å²) in [6.07, 6.45) is 3.90. The molecule has 2 aromatic rings. The van der Waals surface area contributed by atoms with Crippen LogP contribution in [0.15, 0.2) is 30.5 Å². The monoisotopic (exact) mass is 362 g/mol. The lowest BCUT2D eigenvalue weighted by atomic mass is 9.90. The summed E-state index contributed by atoms with van der Waals surface area (Å²) in [7, 11) is 0. The van der Waals surface area contributed by atoms with Gasteiger partial charge in [-0.15, -0.1) is 0 Å². The third kappa shape index (κ3) is 4.66. The van der Waals surface area contributed by atoms with Gasteiger partial charge in [0.1, 0.15) is 5.82 Å². The van der Waals surface area contributed by atoms with Crippen molar-refractivity contribution in [2.24, 2.45) is 5.92 Å². The summed E-state index contributed by atoms with van der Waals surface area (Å²) < 4.78 is 13.9. The molecule has 1 aliphatic heterocycles. The molecule has 1 aliphatic rings. The van der Waals surface area contributed by atoms with Crippen LogP contribution in [-0.2, 0) is 6.42 Å². The first-order valence-corrected chi connectivity index (χ1v) is 8.68. The van der Waals surface area contributed by atoms with E-state index in [1.54, 1.807) is 23.1 Å². The first kappa shape index (κ1) is 17.6. The molecule has 2 heterocycles. The lowest BCUT2D eigenvalue weighted by molar-refractivity contribution is 0.182. The number of anilines is 1. The van der Waals surface area contributed by atoms with Crippen LogP contribution in [0.3, 0.4) is 0 Å². The normalized spacial score (nSPS) is 15.2. The number of likely N-dealkylation sites (tertiary alicyclic amines) is 1. The molecule has 5 nitrogen and oxygen atoms in total. The number of urea groups is 1. The summed E-state index contributed by atoms with van der Waals surface area (Å²) in [6, 6.07) is 6.46. The van der Waals surface area contributed by atoms with Gasteiger partial charge in [-0.3, -0.25) is 0 Å². The van der Waals surface area contributed by atoms with Crippen LogP contribution in [0.25, 0.3) is 0 Å². The fraction of sp³-hybridized carbons (Fsp3) is 0.389. The quantitative estimate of drug-likeness (QED) is 0.895. The molecule has 1 aromatic heterocycles. The van der Waals surface area contributed by atoms with E-state index < -0.39 is 0 Å². The van der Waals surface area contributed by atoms with Gasteiger partial charge < -0.3 is 10.2 Å². The lowest BCUT2D eigenvalue weighted by Crippen LogP contribution is -2.41. The van der Waals surface area contributed by atoms with Crippen molar-refractivity contribution in [1.29, 1.82) is 0 Å². The number of carbonyl (C=O) groups is 1. The Morgan fingerprint density at radius 3 is 2.80 bits per heavy atom. The zero-order valence-electron chi connectivity index (χ0n) is 14.0. The summed E-state index contributed by atoms with van der Waals surface area (Å²) in [6.45, 7) is 3.14. The highest BCUT2D eigenvalue weighted by Gasteiger charge is 2.23. The number of halogens is 2. The molecule has 1 saturated heterocycles. The van der Waals surface area contributed by atoms with E-state index in [2.05, 4.69) is 15.5 Å². The van der Waals surface area contributed by atoms with Crippen LogP contribution in [0.2, 0.25) is 5.02 Å². The van der Waals surface area contributed by atoms with E-state index in [1.807, 2.05) is 6.92 Å². The molecule has 0 saturated carbocycles. The fourth-order valence-electron chi connectivity index (χ4n) is 3.08. The van der Waals surface area contributed by atoms with E-state index in [0.29, 0.717) is 41.7 Å². The van der Waals surface area contributed by atoms with Gasteiger partial charge in [-0.05, 0) is 55.9 Å². The van der Waals surface area contributed by atoms with Gasteiger partial charge in [-0.25, -0.2) is 9.18 Å². The fourth-order valence-corrected chi connectivity index (χ4v) is 3.24. The Hall–Kier alpha value is -2.21. The first-order valence-electron chi connectivity index (χ1n) is 8.30. The number of nitrogens with one attached hydrogen (secondary N) is 1. The Balaban J connectivity index is 1.52. The van der Waals surface area contributed by atoms with Crippen molar-refractivity contribution in [2.75, 3.05) is 18.4 Å². The Bertz CT molecular complexity index is 762. The number of piperidine rings is 1. The molecule has 0 atom stereocenters. The van der Waals surface area contributed by atoms with Crippen LogP contribution in [0.4, 0.5) is 14.9 Å². The van der Waals surface area contributed by atoms with Crippen molar-refractivity contribution in [3.63, 3.8) is 0 Å². The van der Waals surface area contributed by atoms with Crippen molar-refractivity contribution >= 4 is 23.3 Å².